The molecule has 0 saturated carbocycles. The van der Waals surface area contributed by atoms with Crippen LogP contribution >= 0.6 is 0 Å². The molecule has 5 heteroatoms. The summed E-state index contributed by atoms with van der Waals surface area (Å²) in [6.45, 7) is 0. The largest absolute Gasteiger partial charge is 0.368 e. The van der Waals surface area contributed by atoms with Crippen molar-refractivity contribution < 1.29 is 0 Å². The zero-order chi connectivity index (χ0) is 12.4. The fourth-order valence-electron chi connectivity index (χ4n) is 1.79. The van der Waals surface area contributed by atoms with Crippen molar-refractivity contribution in [2.75, 3.05) is 11.2 Å². The molecular weight excluding hydrogens is 226 g/mol. The Morgan fingerprint density at radius 2 is 2.11 bits per heavy atom. The number of hydrazone groups is 1. The summed E-state index contributed by atoms with van der Waals surface area (Å²) in [6, 6.07) is 7.82. The van der Waals surface area contributed by atoms with Gasteiger partial charge in [-0.15, -0.1) is 0 Å². The Balaban J connectivity index is 2.07. The predicted octanol–water partition coefficient (Wildman–Crippen LogP) is 2.15. The molecule has 0 spiro atoms. The first-order chi connectivity index (χ1) is 8.83. The van der Waals surface area contributed by atoms with Crippen LogP contribution in [0.25, 0.3) is 17.3 Å². The molecule has 2 aromatic rings. The lowest BCUT2D eigenvalue weighted by molar-refractivity contribution is 1.19. The lowest BCUT2D eigenvalue weighted by Crippen LogP contribution is -1.96. The van der Waals surface area contributed by atoms with Gasteiger partial charge in [-0.1, -0.05) is 12.1 Å². The number of aromatic nitrogens is 2. The van der Waals surface area contributed by atoms with Gasteiger partial charge in [0, 0.05) is 23.5 Å². The molecule has 1 aromatic carbocycles. The van der Waals surface area contributed by atoms with E-state index in [4.69, 9.17) is 5.73 Å². The first-order valence-corrected chi connectivity index (χ1v) is 5.51. The normalized spacial score (nSPS) is 12.7. The maximum atomic E-state index is 5.59. The smallest absolute Gasteiger partial charge is 0.220 e. The molecule has 0 amide bonds. The molecule has 1 aliphatic heterocycles. The van der Waals surface area contributed by atoms with Crippen molar-refractivity contribution in [3.8, 4) is 11.3 Å². The van der Waals surface area contributed by atoms with Crippen molar-refractivity contribution in [2.45, 2.75) is 0 Å². The Hall–Kier alpha value is -2.69. The summed E-state index contributed by atoms with van der Waals surface area (Å²) in [7, 11) is 0. The molecule has 5 nitrogen and oxygen atoms in total. The topological polar surface area (TPSA) is 76.2 Å². The van der Waals surface area contributed by atoms with Crippen molar-refractivity contribution in [2.24, 2.45) is 5.10 Å². The molecule has 1 aliphatic rings. The summed E-state index contributed by atoms with van der Waals surface area (Å²) in [4.78, 5) is 8.09. The number of nitrogens with zero attached hydrogens (tertiary/aromatic N) is 3. The molecule has 2 heterocycles. The number of nitrogens with one attached hydrogen (secondary N) is 1. The third kappa shape index (κ3) is 1.93. The van der Waals surface area contributed by atoms with Gasteiger partial charge in [0.1, 0.15) is 0 Å². The van der Waals surface area contributed by atoms with Crippen LogP contribution in [0, 0.1) is 0 Å². The Kier molecular flexibility index (Phi) is 2.49. The fraction of sp³-hybridized carbons (Fsp3) is 0. The number of benzene rings is 1. The standard InChI is InChI=1S/C13H11N5/c14-13-15-7-5-11(17-13)10-3-4-12-9(8-10)2-1-6-16-18-12/h1-8,18H,(H2,14,15,17). The quantitative estimate of drug-likeness (QED) is 0.796. The molecule has 0 atom stereocenters. The van der Waals surface area contributed by atoms with Crippen molar-refractivity contribution in [3.63, 3.8) is 0 Å². The number of fused-ring (bicyclic) bond motifs is 1. The van der Waals surface area contributed by atoms with E-state index in [1.165, 1.54) is 0 Å². The molecule has 88 valence electrons. The van der Waals surface area contributed by atoms with E-state index in [0.29, 0.717) is 0 Å². The third-order valence-electron chi connectivity index (χ3n) is 2.64. The third-order valence-corrected chi connectivity index (χ3v) is 2.64. The maximum Gasteiger partial charge on any atom is 0.220 e. The highest BCUT2D eigenvalue weighted by Gasteiger charge is 2.05. The predicted molar refractivity (Wildman–Crippen MR) is 73.0 cm³/mol. The zero-order valence-corrected chi connectivity index (χ0v) is 9.54. The van der Waals surface area contributed by atoms with E-state index in [1.807, 2.05) is 36.4 Å². The lowest BCUT2D eigenvalue weighted by Gasteiger charge is -2.07. The monoisotopic (exact) mass is 237 g/mol. The summed E-state index contributed by atoms with van der Waals surface area (Å²) in [5.74, 6) is 0.277. The van der Waals surface area contributed by atoms with Crippen LogP contribution in [0.1, 0.15) is 5.56 Å². The Morgan fingerprint density at radius 3 is 3.00 bits per heavy atom. The van der Waals surface area contributed by atoms with Gasteiger partial charge in [-0.3, -0.25) is 5.43 Å². The molecule has 0 unspecified atom stereocenters. The van der Waals surface area contributed by atoms with Gasteiger partial charge in [0.2, 0.25) is 5.95 Å². The molecule has 3 rings (SSSR count). The number of nitrogen functional groups attached to an aromatic ring is 1. The van der Waals surface area contributed by atoms with E-state index in [2.05, 4.69) is 20.5 Å². The highest BCUT2D eigenvalue weighted by atomic mass is 15.3. The van der Waals surface area contributed by atoms with Crippen LogP contribution in [0.4, 0.5) is 11.6 Å². The molecular formula is C13H11N5. The number of nitrogens with two attached hydrogens (primary N) is 1. The number of hydrogen-bond donors (Lipinski definition) is 2. The van der Waals surface area contributed by atoms with E-state index >= 15 is 0 Å². The zero-order valence-electron chi connectivity index (χ0n) is 9.54. The summed E-state index contributed by atoms with van der Waals surface area (Å²) < 4.78 is 0. The van der Waals surface area contributed by atoms with Crippen LogP contribution in [-0.4, -0.2) is 16.2 Å². The molecule has 0 fully saturated rings. The fourth-order valence-corrected chi connectivity index (χ4v) is 1.79. The van der Waals surface area contributed by atoms with Gasteiger partial charge in [0.15, 0.2) is 0 Å². The van der Waals surface area contributed by atoms with Gasteiger partial charge < -0.3 is 5.73 Å². The van der Waals surface area contributed by atoms with Gasteiger partial charge in [0.05, 0.1) is 11.4 Å². The van der Waals surface area contributed by atoms with Gasteiger partial charge in [-0.25, -0.2) is 9.97 Å². The van der Waals surface area contributed by atoms with Crippen LogP contribution in [0.3, 0.4) is 0 Å². The summed E-state index contributed by atoms with van der Waals surface area (Å²) in [6.07, 6.45) is 7.24. The van der Waals surface area contributed by atoms with Crippen LogP contribution in [0.5, 0.6) is 0 Å². The van der Waals surface area contributed by atoms with Crippen LogP contribution < -0.4 is 11.2 Å². The number of rotatable bonds is 1. The van der Waals surface area contributed by atoms with Gasteiger partial charge in [-0.2, -0.15) is 5.10 Å². The molecule has 3 N–H and O–H groups in total. The van der Waals surface area contributed by atoms with Crippen LogP contribution in [0.2, 0.25) is 0 Å². The molecule has 0 bridgehead atoms. The second-order valence-electron chi connectivity index (χ2n) is 3.85. The Bertz CT molecular complexity index is 646. The molecule has 0 aliphatic carbocycles. The minimum Gasteiger partial charge on any atom is -0.368 e. The average Bonchev–Trinajstić information content (AvgIpc) is 2.63. The maximum absolute atomic E-state index is 5.59. The van der Waals surface area contributed by atoms with Gasteiger partial charge >= 0.3 is 0 Å². The molecule has 0 radical (unpaired) electrons. The first-order valence-electron chi connectivity index (χ1n) is 5.51. The number of hydrogen-bond acceptors (Lipinski definition) is 5. The number of anilines is 2. The van der Waals surface area contributed by atoms with Crippen molar-refractivity contribution in [3.05, 3.63) is 42.1 Å². The number of allylic oxidation sites excluding steroid dienone is 1. The van der Waals surface area contributed by atoms with Gasteiger partial charge in [-0.05, 0) is 24.3 Å². The summed E-state index contributed by atoms with van der Waals surface area (Å²) in [5.41, 5.74) is 12.4. The molecule has 0 saturated heterocycles. The molecule has 1 aromatic heterocycles. The van der Waals surface area contributed by atoms with Crippen molar-refractivity contribution in [1.82, 2.24) is 9.97 Å². The lowest BCUT2D eigenvalue weighted by atomic mass is 10.1. The van der Waals surface area contributed by atoms with Gasteiger partial charge in [0.25, 0.3) is 0 Å². The van der Waals surface area contributed by atoms with E-state index in [9.17, 15) is 0 Å². The van der Waals surface area contributed by atoms with Crippen LogP contribution in [-0.2, 0) is 0 Å². The Labute approximate surface area is 104 Å². The minimum absolute atomic E-state index is 0.277. The highest BCUT2D eigenvalue weighted by Crippen LogP contribution is 2.26. The summed E-state index contributed by atoms with van der Waals surface area (Å²) in [5, 5.41) is 4.02. The second-order valence-corrected chi connectivity index (χ2v) is 3.85. The van der Waals surface area contributed by atoms with E-state index in [0.717, 1.165) is 22.5 Å². The second kappa shape index (κ2) is 4.29. The van der Waals surface area contributed by atoms with Crippen LogP contribution in [0.15, 0.2) is 41.6 Å². The molecule has 18 heavy (non-hydrogen) atoms. The highest BCUT2D eigenvalue weighted by molar-refractivity contribution is 5.85. The Morgan fingerprint density at radius 1 is 1.17 bits per heavy atom. The van der Waals surface area contributed by atoms with Crippen molar-refractivity contribution >= 4 is 23.9 Å². The average molecular weight is 237 g/mol. The van der Waals surface area contributed by atoms with E-state index in [1.54, 1.807) is 12.4 Å². The minimum atomic E-state index is 0.277. The van der Waals surface area contributed by atoms with E-state index in [-0.39, 0.29) is 5.95 Å². The van der Waals surface area contributed by atoms with E-state index < -0.39 is 0 Å². The SMILES string of the molecule is Nc1nccc(-c2ccc3c(c2)C=CC=NN3)n1. The first kappa shape index (κ1) is 10.5. The summed E-state index contributed by atoms with van der Waals surface area (Å²) >= 11 is 0. The van der Waals surface area contributed by atoms with Crippen molar-refractivity contribution in [1.29, 1.82) is 0 Å².